The third kappa shape index (κ3) is 4.25. The van der Waals surface area contributed by atoms with Crippen molar-refractivity contribution in [3.63, 3.8) is 0 Å². The zero-order valence-corrected chi connectivity index (χ0v) is 13.7. The third-order valence-corrected chi connectivity index (χ3v) is 3.68. The largest absolute Gasteiger partial charge is 0.417 e. The lowest BCUT2D eigenvalue weighted by Gasteiger charge is -2.25. The number of morpholine rings is 1. The van der Waals surface area contributed by atoms with E-state index in [4.69, 9.17) is 10.00 Å². The minimum absolute atomic E-state index is 0. The maximum atomic E-state index is 13.1. The highest BCUT2D eigenvalue weighted by Gasteiger charge is 2.34. The van der Waals surface area contributed by atoms with Crippen molar-refractivity contribution >= 4 is 12.4 Å². The van der Waals surface area contributed by atoms with E-state index in [1.165, 1.54) is 10.7 Å². The van der Waals surface area contributed by atoms with Gasteiger partial charge in [-0.15, -0.1) is 17.5 Å². The summed E-state index contributed by atoms with van der Waals surface area (Å²) < 4.78 is 45.8. The highest BCUT2D eigenvalue weighted by Crippen LogP contribution is 2.33. The number of benzene rings is 1. The Kier molecular flexibility index (Phi) is 5.94. The molecule has 1 aromatic heterocycles. The van der Waals surface area contributed by atoms with Gasteiger partial charge >= 0.3 is 6.18 Å². The van der Waals surface area contributed by atoms with Crippen molar-refractivity contribution < 1.29 is 17.9 Å². The fraction of sp³-hybridized carbons (Fsp3) is 0.429. The van der Waals surface area contributed by atoms with Gasteiger partial charge in [0.05, 0.1) is 42.6 Å². The quantitative estimate of drug-likeness (QED) is 0.815. The first-order valence-corrected chi connectivity index (χ1v) is 7.18. The standard InChI is InChI=1S/C14H13F3N6O.ClH/c15-14(16,17)12-7-11(2-1-10(12)8-18)23-13(19-20-21-23)9-22-3-5-24-6-4-22;/h1-2,7H,3-6,9H2;1H. The molecule has 1 fully saturated rings. The summed E-state index contributed by atoms with van der Waals surface area (Å²) >= 11 is 0. The molecule has 1 aliphatic rings. The molecule has 0 radical (unpaired) electrons. The van der Waals surface area contributed by atoms with E-state index in [0.29, 0.717) is 38.7 Å². The summed E-state index contributed by atoms with van der Waals surface area (Å²) in [4.78, 5) is 2.06. The Morgan fingerprint density at radius 2 is 1.96 bits per heavy atom. The fourth-order valence-corrected chi connectivity index (χ4v) is 2.46. The summed E-state index contributed by atoms with van der Waals surface area (Å²) in [5, 5.41) is 20.1. The van der Waals surface area contributed by atoms with Crippen LogP contribution in [0, 0.1) is 11.3 Å². The number of nitrogens with zero attached hydrogens (tertiary/aromatic N) is 6. The number of nitriles is 1. The molecule has 0 aliphatic carbocycles. The van der Waals surface area contributed by atoms with Gasteiger partial charge in [0.15, 0.2) is 5.82 Å². The smallest absolute Gasteiger partial charge is 0.379 e. The molecule has 3 rings (SSSR count). The van der Waals surface area contributed by atoms with Crippen molar-refractivity contribution in [1.82, 2.24) is 25.1 Å². The van der Waals surface area contributed by atoms with E-state index in [-0.39, 0.29) is 18.1 Å². The lowest BCUT2D eigenvalue weighted by atomic mass is 10.1. The maximum absolute atomic E-state index is 13.1. The molecular weight excluding hydrogens is 361 g/mol. The number of hydrogen-bond donors (Lipinski definition) is 0. The normalized spacial score (nSPS) is 15.4. The second-order valence-electron chi connectivity index (χ2n) is 5.23. The Hall–Kier alpha value is -2.22. The van der Waals surface area contributed by atoms with Gasteiger partial charge in [-0.25, -0.2) is 0 Å². The topological polar surface area (TPSA) is 79.9 Å². The molecule has 0 saturated carbocycles. The molecule has 11 heteroatoms. The first-order valence-electron chi connectivity index (χ1n) is 7.18. The van der Waals surface area contributed by atoms with Gasteiger partial charge in [-0.1, -0.05) is 0 Å². The molecule has 1 aliphatic heterocycles. The summed E-state index contributed by atoms with van der Waals surface area (Å²) in [6, 6.07) is 4.96. The fourth-order valence-electron chi connectivity index (χ4n) is 2.46. The maximum Gasteiger partial charge on any atom is 0.417 e. The van der Waals surface area contributed by atoms with E-state index in [1.807, 2.05) is 0 Å². The summed E-state index contributed by atoms with van der Waals surface area (Å²) in [6.45, 7) is 2.99. The molecule has 7 nitrogen and oxygen atoms in total. The predicted octanol–water partition coefficient (Wildman–Crippen LogP) is 1.81. The van der Waals surface area contributed by atoms with Crippen molar-refractivity contribution in [2.45, 2.75) is 12.7 Å². The molecule has 1 saturated heterocycles. The highest BCUT2D eigenvalue weighted by molar-refractivity contribution is 5.85. The first-order chi connectivity index (χ1) is 11.5. The minimum atomic E-state index is -4.63. The van der Waals surface area contributed by atoms with Gasteiger partial charge in [0.1, 0.15) is 0 Å². The van der Waals surface area contributed by atoms with Crippen LogP contribution in [0.25, 0.3) is 5.69 Å². The summed E-state index contributed by atoms with van der Waals surface area (Å²) in [6.07, 6.45) is -4.63. The van der Waals surface area contributed by atoms with E-state index >= 15 is 0 Å². The van der Waals surface area contributed by atoms with E-state index < -0.39 is 17.3 Å². The summed E-state index contributed by atoms with van der Waals surface area (Å²) in [7, 11) is 0. The van der Waals surface area contributed by atoms with Gasteiger partial charge in [-0.3, -0.25) is 4.90 Å². The molecule has 0 atom stereocenters. The Morgan fingerprint density at radius 3 is 2.60 bits per heavy atom. The molecule has 0 bridgehead atoms. The molecule has 0 amide bonds. The zero-order chi connectivity index (χ0) is 17.2. The van der Waals surface area contributed by atoms with Crippen molar-refractivity contribution in [1.29, 1.82) is 5.26 Å². The average Bonchev–Trinajstić information content (AvgIpc) is 3.02. The van der Waals surface area contributed by atoms with Crippen LogP contribution >= 0.6 is 12.4 Å². The first kappa shape index (κ1) is 19.1. The van der Waals surface area contributed by atoms with Gasteiger partial charge in [-0.05, 0) is 28.6 Å². The Morgan fingerprint density at radius 1 is 1.24 bits per heavy atom. The predicted molar refractivity (Wildman–Crippen MR) is 82.2 cm³/mol. The average molecular weight is 375 g/mol. The van der Waals surface area contributed by atoms with E-state index in [0.717, 1.165) is 12.1 Å². The number of aromatic nitrogens is 4. The van der Waals surface area contributed by atoms with E-state index in [1.54, 1.807) is 6.07 Å². The van der Waals surface area contributed by atoms with Crippen LogP contribution in [0.1, 0.15) is 17.0 Å². The van der Waals surface area contributed by atoms with Crippen molar-refractivity contribution in [2.75, 3.05) is 26.3 Å². The number of hydrogen-bond acceptors (Lipinski definition) is 6. The molecule has 134 valence electrons. The summed E-state index contributed by atoms with van der Waals surface area (Å²) in [5.41, 5.74) is -1.28. The number of ether oxygens (including phenoxy) is 1. The molecule has 0 spiro atoms. The lowest BCUT2D eigenvalue weighted by Crippen LogP contribution is -2.36. The van der Waals surface area contributed by atoms with Crippen LogP contribution in [0.5, 0.6) is 0 Å². The Balaban J connectivity index is 0.00000225. The van der Waals surface area contributed by atoms with Gasteiger partial charge in [0.25, 0.3) is 0 Å². The molecule has 2 aromatic rings. The SMILES string of the molecule is Cl.N#Cc1ccc(-n2nnnc2CN2CCOCC2)cc1C(F)(F)F. The molecule has 0 unspecified atom stereocenters. The Bertz CT molecular complexity index is 767. The van der Waals surface area contributed by atoms with Crippen LogP contribution in [0.3, 0.4) is 0 Å². The van der Waals surface area contributed by atoms with Crippen molar-refractivity contribution in [3.05, 3.63) is 35.2 Å². The van der Waals surface area contributed by atoms with E-state index in [2.05, 4.69) is 20.4 Å². The second-order valence-corrected chi connectivity index (χ2v) is 5.23. The van der Waals surface area contributed by atoms with E-state index in [9.17, 15) is 13.2 Å². The second kappa shape index (κ2) is 7.77. The third-order valence-electron chi connectivity index (χ3n) is 3.68. The minimum Gasteiger partial charge on any atom is -0.379 e. The van der Waals surface area contributed by atoms with Crippen LogP contribution in [0.15, 0.2) is 18.2 Å². The van der Waals surface area contributed by atoms with Gasteiger partial charge < -0.3 is 4.74 Å². The van der Waals surface area contributed by atoms with Crippen molar-refractivity contribution in [2.24, 2.45) is 0 Å². The molecule has 0 N–H and O–H groups in total. The molecule has 25 heavy (non-hydrogen) atoms. The van der Waals surface area contributed by atoms with Gasteiger partial charge in [0, 0.05) is 13.1 Å². The van der Waals surface area contributed by atoms with Crippen LogP contribution in [-0.2, 0) is 17.5 Å². The van der Waals surface area contributed by atoms with Crippen LogP contribution < -0.4 is 0 Å². The molecule has 1 aromatic carbocycles. The van der Waals surface area contributed by atoms with Crippen LogP contribution in [-0.4, -0.2) is 51.4 Å². The summed E-state index contributed by atoms with van der Waals surface area (Å²) in [5.74, 6) is 0.426. The van der Waals surface area contributed by atoms with Crippen LogP contribution in [0.4, 0.5) is 13.2 Å². The number of alkyl halides is 3. The highest BCUT2D eigenvalue weighted by atomic mass is 35.5. The number of rotatable bonds is 3. The molecule has 2 heterocycles. The Labute approximate surface area is 147 Å². The number of halogens is 4. The molecular formula is C14H14ClF3N6O. The zero-order valence-electron chi connectivity index (χ0n) is 12.9. The monoisotopic (exact) mass is 374 g/mol. The van der Waals surface area contributed by atoms with Gasteiger partial charge in [0.2, 0.25) is 0 Å². The number of tetrazole rings is 1. The lowest BCUT2D eigenvalue weighted by molar-refractivity contribution is -0.137. The van der Waals surface area contributed by atoms with Crippen molar-refractivity contribution in [3.8, 4) is 11.8 Å². The van der Waals surface area contributed by atoms with Crippen LogP contribution in [0.2, 0.25) is 0 Å². The van der Waals surface area contributed by atoms with Gasteiger partial charge in [-0.2, -0.15) is 23.1 Å².